The lowest BCUT2D eigenvalue weighted by Gasteiger charge is -2.26. The maximum atomic E-state index is 13.0. The Morgan fingerprint density at radius 1 is 0.880 bits per heavy atom. The van der Waals surface area contributed by atoms with E-state index in [0.717, 1.165) is 5.56 Å². The van der Waals surface area contributed by atoms with Gasteiger partial charge in [0.05, 0.1) is 39.9 Å². The minimum atomic E-state index is -0.426. The number of methoxy groups -OCH3 is 4. The quantitative estimate of drug-likeness (QED) is 0.831. The Morgan fingerprint density at radius 2 is 1.56 bits per heavy atom. The lowest BCUT2D eigenvalue weighted by atomic mass is 9.88. The molecule has 3 rings (SSSR count). The summed E-state index contributed by atoms with van der Waals surface area (Å²) in [6, 6.07) is 8.84. The van der Waals surface area contributed by atoms with Crippen molar-refractivity contribution in [1.29, 1.82) is 0 Å². The van der Waals surface area contributed by atoms with E-state index in [1.54, 1.807) is 45.6 Å². The number of ether oxygens (including phenoxy) is 5. The number of ketones is 1. The van der Waals surface area contributed by atoms with Gasteiger partial charge in [0.2, 0.25) is 5.75 Å². The summed E-state index contributed by atoms with van der Waals surface area (Å²) in [5.41, 5.74) is 1.28. The fourth-order valence-corrected chi connectivity index (χ4v) is 2.98. The van der Waals surface area contributed by atoms with Crippen LogP contribution in [0.15, 0.2) is 30.3 Å². The maximum absolute atomic E-state index is 13.0. The van der Waals surface area contributed by atoms with Crippen LogP contribution in [-0.4, -0.2) is 40.8 Å². The van der Waals surface area contributed by atoms with E-state index in [1.807, 2.05) is 6.07 Å². The van der Waals surface area contributed by atoms with Crippen molar-refractivity contribution >= 4 is 5.78 Å². The van der Waals surface area contributed by atoms with Crippen LogP contribution in [0.4, 0.5) is 0 Å². The van der Waals surface area contributed by atoms with Gasteiger partial charge in [-0.1, -0.05) is 6.07 Å². The number of carbonyl (C=O) groups is 1. The van der Waals surface area contributed by atoms with E-state index in [-0.39, 0.29) is 12.4 Å². The monoisotopic (exact) mass is 344 g/mol. The molecular weight excluding hydrogens is 324 g/mol. The van der Waals surface area contributed by atoms with Gasteiger partial charge in [0.1, 0.15) is 6.61 Å². The summed E-state index contributed by atoms with van der Waals surface area (Å²) in [6.45, 7) is 0.213. The van der Waals surface area contributed by atoms with Crippen LogP contribution in [0.25, 0.3) is 0 Å². The standard InChI is InChI=1S/C19H20O6/c1-21-14-7-5-11(9-16(14)23-3)13-10-25-18-12(17(13)20)6-8-15(22-2)19(18)24-4/h5-9,13H,10H2,1-4H3/t13-/m0/s1. The molecule has 0 aliphatic carbocycles. The molecule has 0 bridgehead atoms. The Morgan fingerprint density at radius 3 is 2.20 bits per heavy atom. The molecule has 1 aliphatic rings. The van der Waals surface area contributed by atoms with E-state index >= 15 is 0 Å². The van der Waals surface area contributed by atoms with E-state index in [9.17, 15) is 4.79 Å². The number of benzene rings is 2. The summed E-state index contributed by atoms with van der Waals surface area (Å²) in [4.78, 5) is 13.0. The largest absolute Gasteiger partial charge is 0.493 e. The predicted molar refractivity (Wildman–Crippen MR) is 91.7 cm³/mol. The Hall–Kier alpha value is -2.89. The van der Waals surface area contributed by atoms with Gasteiger partial charge in [-0.25, -0.2) is 0 Å². The molecule has 2 aromatic rings. The van der Waals surface area contributed by atoms with Crippen LogP contribution in [0.3, 0.4) is 0 Å². The third kappa shape index (κ3) is 2.84. The zero-order valence-corrected chi connectivity index (χ0v) is 14.6. The predicted octanol–water partition coefficient (Wildman–Crippen LogP) is 3.08. The molecule has 0 spiro atoms. The lowest BCUT2D eigenvalue weighted by molar-refractivity contribution is 0.0892. The van der Waals surface area contributed by atoms with Crippen LogP contribution in [0.2, 0.25) is 0 Å². The Balaban J connectivity index is 2.00. The first-order valence-corrected chi connectivity index (χ1v) is 7.78. The molecule has 0 amide bonds. The topological polar surface area (TPSA) is 63.2 Å². The van der Waals surface area contributed by atoms with Crippen molar-refractivity contribution < 1.29 is 28.5 Å². The highest BCUT2D eigenvalue weighted by Gasteiger charge is 2.33. The van der Waals surface area contributed by atoms with E-state index in [1.165, 1.54) is 7.11 Å². The first kappa shape index (κ1) is 17.0. The van der Waals surface area contributed by atoms with E-state index in [2.05, 4.69) is 0 Å². The third-order valence-corrected chi connectivity index (χ3v) is 4.29. The average molecular weight is 344 g/mol. The van der Waals surface area contributed by atoms with Crippen LogP contribution in [0, 0.1) is 0 Å². The third-order valence-electron chi connectivity index (χ3n) is 4.29. The number of hydrogen-bond acceptors (Lipinski definition) is 6. The molecule has 6 nitrogen and oxygen atoms in total. The van der Waals surface area contributed by atoms with Crippen molar-refractivity contribution in [3.63, 3.8) is 0 Å². The summed E-state index contributed by atoms with van der Waals surface area (Å²) in [5.74, 6) is 2.11. The first-order chi connectivity index (χ1) is 12.1. The number of carbonyl (C=O) groups excluding carboxylic acids is 1. The number of rotatable bonds is 5. The van der Waals surface area contributed by atoms with Gasteiger partial charge in [-0.3, -0.25) is 4.79 Å². The van der Waals surface area contributed by atoms with Crippen LogP contribution in [0.1, 0.15) is 21.8 Å². The lowest BCUT2D eigenvalue weighted by Crippen LogP contribution is -2.26. The summed E-state index contributed by atoms with van der Waals surface area (Å²) < 4.78 is 27.0. The zero-order chi connectivity index (χ0) is 18.0. The van der Waals surface area contributed by atoms with Gasteiger partial charge < -0.3 is 23.7 Å². The molecule has 0 aromatic heterocycles. The minimum Gasteiger partial charge on any atom is -0.493 e. The fourth-order valence-electron chi connectivity index (χ4n) is 2.98. The summed E-state index contributed by atoms with van der Waals surface area (Å²) in [7, 11) is 6.20. The molecule has 25 heavy (non-hydrogen) atoms. The van der Waals surface area contributed by atoms with Gasteiger partial charge in [-0.15, -0.1) is 0 Å². The first-order valence-electron chi connectivity index (χ1n) is 7.78. The van der Waals surface area contributed by atoms with Gasteiger partial charge in [-0.2, -0.15) is 0 Å². The molecule has 1 heterocycles. The van der Waals surface area contributed by atoms with E-state index < -0.39 is 5.92 Å². The molecule has 0 unspecified atom stereocenters. The van der Waals surface area contributed by atoms with Gasteiger partial charge in [0.25, 0.3) is 0 Å². The highest BCUT2D eigenvalue weighted by molar-refractivity contribution is 6.05. The van der Waals surface area contributed by atoms with Crippen molar-refractivity contribution in [3.8, 4) is 28.7 Å². The molecule has 0 fully saturated rings. The molecule has 1 aliphatic heterocycles. The minimum absolute atomic E-state index is 0.0329. The van der Waals surface area contributed by atoms with E-state index in [4.69, 9.17) is 23.7 Å². The second-order valence-corrected chi connectivity index (χ2v) is 5.52. The zero-order valence-electron chi connectivity index (χ0n) is 14.6. The van der Waals surface area contributed by atoms with Crippen LogP contribution < -0.4 is 23.7 Å². The van der Waals surface area contributed by atoms with Gasteiger partial charge in [0.15, 0.2) is 28.8 Å². The molecule has 132 valence electrons. The van der Waals surface area contributed by atoms with Crippen molar-refractivity contribution in [1.82, 2.24) is 0 Å². The van der Waals surface area contributed by atoms with Crippen LogP contribution in [0.5, 0.6) is 28.7 Å². The normalized spacial score (nSPS) is 15.8. The number of hydrogen-bond donors (Lipinski definition) is 0. The van der Waals surface area contributed by atoms with Gasteiger partial charge in [-0.05, 0) is 29.8 Å². The highest BCUT2D eigenvalue weighted by atomic mass is 16.5. The average Bonchev–Trinajstić information content (AvgIpc) is 2.66. The van der Waals surface area contributed by atoms with Gasteiger partial charge in [0, 0.05) is 0 Å². The summed E-state index contributed by atoms with van der Waals surface area (Å²) in [5, 5.41) is 0. The van der Waals surface area contributed by atoms with Crippen molar-refractivity contribution in [2.45, 2.75) is 5.92 Å². The van der Waals surface area contributed by atoms with Crippen LogP contribution in [-0.2, 0) is 0 Å². The Bertz CT molecular complexity index is 799. The maximum Gasteiger partial charge on any atom is 0.204 e. The molecular formula is C19H20O6. The van der Waals surface area contributed by atoms with Gasteiger partial charge >= 0.3 is 0 Å². The number of fused-ring (bicyclic) bond motifs is 1. The second-order valence-electron chi connectivity index (χ2n) is 5.52. The summed E-state index contributed by atoms with van der Waals surface area (Å²) >= 11 is 0. The van der Waals surface area contributed by atoms with E-state index in [0.29, 0.717) is 34.3 Å². The number of Topliss-reactive ketones (excluding diaryl/α,β-unsaturated/α-hetero) is 1. The molecule has 0 saturated carbocycles. The highest BCUT2D eigenvalue weighted by Crippen LogP contribution is 2.45. The van der Waals surface area contributed by atoms with Crippen LogP contribution >= 0.6 is 0 Å². The molecule has 1 atom stereocenters. The van der Waals surface area contributed by atoms with Crippen molar-refractivity contribution in [2.75, 3.05) is 35.0 Å². The Labute approximate surface area is 146 Å². The van der Waals surface area contributed by atoms with Crippen molar-refractivity contribution in [3.05, 3.63) is 41.5 Å². The molecule has 0 radical (unpaired) electrons. The molecule has 0 saturated heterocycles. The molecule has 6 heteroatoms. The smallest absolute Gasteiger partial charge is 0.204 e. The Kier molecular flexibility index (Phi) is 4.70. The summed E-state index contributed by atoms with van der Waals surface area (Å²) in [6.07, 6.45) is 0. The fraction of sp³-hybridized carbons (Fsp3) is 0.316. The molecule has 0 N–H and O–H groups in total. The van der Waals surface area contributed by atoms with Crippen molar-refractivity contribution in [2.24, 2.45) is 0 Å². The second kappa shape index (κ2) is 6.93. The molecule has 2 aromatic carbocycles. The SMILES string of the molecule is COc1ccc([C@@H]2COc3c(ccc(OC)c3OC)C2=O)cc1OC.